The summed E-state index contributed by atoms with van der Waals surface area (Å²) in [6, 6.07) is 0. The molecule has 0 aliphatic carbocycles. The van der Waals surface area contributed by atoms with Gasteiger partial charge in [0, 0.05) is 13.2 Å². The van der Waals surface area contributed by atoms with Gasteiger partial charge >= 0.3 is 0 Å². The lowest BCUT2D eigenvalue weighted by molar-refractivity contribution is -0.00224. The smallest absolute Gasteiger partial charge is 0.0931 e. The topological polar surface area (TPSA) is 32.7 Å². The molecule has 1 N–H and O–H groups in total. The second-order valence-corrected chi connectivity index (χ2v) is 7.52. The number of aliphatic hydroxyl groups is 1. The van der Waals surface area contributed by atoms with Crippen LogP contribution in [0.1, 0.15) is 97.8 Å². The third-order valence-electron chi connectivity index (χ3n) is 4.47. The average Bonchev–Trinajstić information content (AvgIpc) is 2.70. The number of unbranched alkanes of at least 4 members (excludes halogenated alkanes) is 9. The zero-order chi connectivity index (χ0) is 21.3. The number of allylic oxidation sites excluding steroid dienone is 4. The maximum absolute atomic E-state index is 9.25. The van der Waals surface area contributed by atoms with Crippen molar-refractivity contribution in [1.82, 2.24) is 4.90 Å². The summed E-state index contributed by atoms with van der Waals surface area (Å²) in [4.78, 5) is 2.05. The predicted molar refractivity (Wildman–Crippen MR) is 126 cm³/mol. The van der Waals surface area contributed by atoms with Gasteiger partial charge in [0.25, 0.3) is 0 Å². The summed E-state index contributed by atoms with van der Waals surface area (Å²) in [7, 11) is 4.01. The fraction of sp³-hybridized carbons (Fsp3) is 0.840. The van der Waals surface area contributed by atoms with E-state index >= 15 is 0 Å². The van der Waals surface area contributed by atoms with Gasteiger partial charge in [-0.15, -0.1) is 0 Å². The normalized spacial score (nSPS) is 12.7. The van der Waals surface area contributed by atoms with Crippen LogP contribution in [0, 0.1) is 0 Å². The standard InChI is InChI=1S/C23H45NO2.C2H6/c1-4-5-6-7-8-9-10-11-12-13-14-15-16-17-18-19-20-26-23(22-25)21-24(2)3;1-2/h8-9,11-12,23,25H,4-7,10,13-22H2,1-3H3;1-2H3/b9-8-,12-11-;. The lowest BCUT2D eigenvalue weighted by Crippen LogP contribution is -2.31. The first-order valence-electron chi connectivity index (χ1n) is 11.9. The van der Waals surface area contributed by atoms with Gasteiger partial charge in [0.1, 0.15) is 0 Å². The summed E-state index contributed by atoms with van der Waals surface area (Å²) < 4.78 is 5.71. The van der Waals surface area contributed by atoms with E-state index in [-0.39, 0.29) is 12.7 Å². The molecular weight excluding hydrogens is 346 g/mol. The summed E-state index contributed by atoms with van der Waals surface area (Å²) in [6.45, 7) is 7.93. The fourth-order valence-corrected chi connectivity index (χ4v) is 2.91. The van der Waals surface area contributed by atoms with Crippen molar-refractivity contribution in [2.24, 2.45) is 0 Å². The zero-order valence-corrected chi connectivity index (χ0v) is 19.8. The van der Waals surface area contributed by atoms with Crippen molar-refractivity contribution in [1.29, 1.82) is 0 Å². The van der Waals surface area contributed by atoms with Crippen LogP contribution in [0.4, 0.5) is 0 Å². The molecule has 1 atom stereocenters. The summed E-state index contributed by atoms with van der Waals surface area (Å²) in [5, 5.41) is 9.25. The Morgan fingerprint density at radius 2 is 1.32 bits per heavy atom. The molecule has 0 heterocycles. The molecule has 0 aromatic rings. The van der Waals surface area contributed by atoms with Gasteiger partial charge in [-0.3, -0.25) is 0 Å². The maximum Gasteiger partial charge on any atom is 0.0931 e. The van der Waals surface area contributed by atoms with Crippen molar-refractivity contribution in [3.63, 3.8) is 0 Å². The highest BCUT2D eigenvalue weighted by Gasteiger charge is 2.08. The molecule has 3 nitrogen and oxygen atoms in total. The van der Waals surface area contributed by atoms with E-state index in [1.165, 1.54) is 64.2 Å². The van der Waals surface area contributed by atoms with E-state index < -0.39 is 0 Å². The Hall–Kier alpha value is -0.640. The SMILES string of the molecule is CC.CCCCC/C=C\C/C=C\CCCCCCCCOC(CO)CN(C)C. The molecule has 0 radical (unpaired) electrons. The van der Waals surface area contributed by atoms with Crippen molar-refractivity contribution in [2.45, 2.75) is 104 Å². The van der Waals surface area contributed by atoms with Gasteiger partial charge < -0.3 is 14.7 Å². The summed E-state index contributed by atoms with van der Waals surface area (Å²) in [5.41, 5.74) is 0. The minimum Gasteiger partial charge on any atom is -0.394 e. The Balaban J connectivity index is 0. The van der Waals surface area contributed by atoms with E-state index in [0.29, 0.717) is 0 Å². The Morgan fingerprint density at radius 3 is 1.86 bits per heavy atom. The maximum atomic E-state index is 9.25. The number of ether oxygens (including phenoxy) is 1. The molecule has 0 aromatic carbocycles. The van der Waals surface area contributed by atoms with Crippen molar-refractivity contribution in [3.8, 4) is 0 Å². The van der Waals surface area contributed by atoms with Crippen molar-refractivity contribution < 1.29 is 9.84 Å². The lowest BCUT2D eigenvalue weighted by Gasteiger charge is -2.19. The number of aliphatic hydroxyl groups excluding tert-OH is 1. The minimum absolute atomic E-state index is 0.0389. The van der Waals surface area contributed by atoms with Crippen LogP contribution in [-0.2, 0) is 4.74 Å². The van der Waals surface area contributed by atoms with Gasteiger partial charge in [-0.25, -0.2) is 0 Å². The molecular formula is C25H51NO2. The van der Waals surface area contributed by atoms with Crippen LogP contribution in [0.5, 0.6) is 0 Å². The van der Waals surface area contributed by atoms with Crippen LogP contribution in [0.25, 0.3) is 0 Å². The molecule has 0 saturated carbocycles. The molecule has 0 aliphatic rings. The first kappa shape index (κ1) is 29.6. The third kappa shape index (κ3) is 25.4. The van der Waals surface area contributed by atoms with Gasteiger partial charge in [0.05, 0.1) is 12.7 Å². The minimum atomic E-state index is -0.0389. The first-order valence-corrected chi connectivity index (χ1v) is 11.9. The van der Waals surface area contributed by atoms with Crippen LogP contribution >= 0.6 is 0 Å². The lowest BCUT2D eigenvalue weighted by atomic mass is 10.1. The molecule has 0 spiro atoms. The Morgan fingerprint density at radius 1 is 0.786 bits per heavy atom. The number of rotatable bonds is 19. The van der Waals surface area contributed by atoms with Crippen LogP contribution in [0.3, 0.4) is 0 Å². The van der Waals surface area contributed by atoms with E-state index in [4.69, 9.17) is 4.74 Å². The van der Waals surface area contributed by atoms with E-state index in [9.17, 15) is 5.11 Å². The molecule has 0 amide bonds. The molecule has 1 unspecified atom stereocenters. The summed E-state index contributed by atoms with van der Waals surface area (Å²) in [6.07, 6.45) is 24.4. The molecule has 0 rings (SSSR count). The number of hydrogen-bond donors (Lipinski definition) is 1. The zero-order valence-electron chi connectivity index (χ0n) is 19.8. The van der Waals surface area contributed by atoms with Crippen LogP contribution in [0.15, 0.2) is 24.3 Å². The molecule has 0 aliphatic heterocycles. The molecule has 0 aromatic heterocycles. The molecule has 28 heavy (non-hydrogen) atoms. The predicted octanol–water partition coefficient (Wildman–Crippen LogP) is 6.77. The van der Waals surface area contributed by atoms with E-state index in [0.717, 1.165) is 26.0 Å². The van der Waals surface area contributed by atoms with E-state index in [2.05, 4.69) is 36.1 Å². The Kier molecular flexibility index (Phi) is 27.8. The average molecular weight is 398 g/mol. The molecule has 0 fully saturated rings. The molecule has 0 saturated heterocycles. The van der Waals surface area contributed by atoms with Gasteiger partial charge in [-0.05, 0) is 52.6 Å². The van der Waals surface area contributed by atoms with Crippen LogP contribution in [0.2, 0.25) is 0 Å². The highest BCUT2D eigenvalue weighted by Crippen LogP contribution is 2.08. The van der Waals surface area contributed by atoms with Crippen LogP contribution in [-0.4, -0.2) is 50.0 Å². The van der Waals surface area contributed by atoms with Gasteiger partial charge in [-0.2, -0.15) is 0 Å². The highest BCUT2D eigenvalue weighted by molar-refractivity contribution is 4.92. The second-order valence-electron chi connectivity index (χ2n) is 7.52. The van der Waals surface area contributed by atoms with Crippen molar-refractivity contribution >= 4 is 0 Å². The Bertz CT molecular complexity index is 327. The second kappa shape index (κ2) is 26.4. The first-order chi connectivity index (χ1) is 13.7. The van der Waals surface area contributed by atoms with Crippen LogP contribution < -0.4 is 0 Å². The Labute approximate surface area is 177 Å². The van der Waals surface area contributed by atoms with E-state index in [1.807, 2.05) is 27.9 Å². The van der Waals surface area contributed by atoms with Crippen molar-refractivity contribution in [3.05, 3.63) is 24.3 Å². The largest absolute Gasteiger partial charge is 0.394 e. The van der Waals surface area contributed by atoms with E-state index in [1.54, 1.807) is 0 Å². The monoisotopic (exact) mass is 397 g/mol. The number of hydrogen-bond acceptors (Lipinski definition) is 3. The van der Waals surface area contributed by atoms with Gasteiger partial charge in [-0.1, -0.05) is 83.6 Å². The van der Waals surface area contributed by atoms with Gasteiger partial charge in [0.2, 0.25) is 0 Å². The number of nitrogens with zero attached hydrogens (tertiary/aromatic N) is 1. The molecule has 168 valence electrons. The summed E-state index contributed by atoms with van der Waals surface area (Å²) >= 11 is 0. The van der Waals surface area contributed by atoms with Crippen molar-refractivity contribution in [2.75, 3.05) is 33.9 Å². The number of likely N-dealkylation sites (N-methyl/N-ethyl adjacent to an activating group) is 1. The third-order valence-corrected chi connectivity index (χ3v) is 4.47. The summed E-state index contributed by atoms with van der Waals surface area (Å²) in [5.74, 6) is 0. The van der Waals surface area contributed by atoms with Gasteiger partial charge in [0.15, 0.2) is 0 Å². The molecule has 3 heteroatoms. The molecule has 0 bridgehead atoms. The highest BCUT2D eigenvalue weighted by atomic mass is 16.5. The quantitative estimate of drug-likeness (QED) is 0.193. The fourth-order valence-electron chi connectivity index (χ4n) is 2.91.